The summed E-state index contributed by atoms with van der Waals surface area (Å²) in [6.45, 7) is 11.2. The van der Waals surface area contributed by atoms with Crippen molar-refractivity contribution in [1.82, 2.24) is 0 Å². The molecule has 0 saturated carbocycles. The molecule has 0 rings (SSSR count). The van der Waals surface area contributed by atoms with Gasteiger partial charge in [-0.1, -0.05) is 44.1 Å². The second-order valence-corrected chi connectivity index (χ2v) is 4.22. The van der Waals surface area contributed by atoms with Gasteiger partial charge in [-0.05, 0) is 39.0 Å². The van der Waals surface area contributed by atoms with Gasteiger partial charge >= 0.3 is 0 Å². The number of rotatable bonds is 5. The van der Waals surface area contributed by atoms with Crippen molar-refractivity contribution >= 4 is 0 Å². The second kappa shape index (κ2) is 6.94. The molecule has 0 heteroatoms. The summed E-state index contributed by atoms with van der Waals surface area (Å²) in [5.41, 5.74) is 3.07. The lowest BCUT2D eigenvalue weighted by atomic mass is 10.0. The largest absolute Gasteiger partial charge is 0.0880 e. The maximum Gasteiger partial charge on any atom is -0.0139 e. The van der Waals surface area contributed by atoms with E-state index >= 15 is 0 Å². The average molecular weight is 180 g/mol. The molecule has 0 N–H and O–H groups in total. The number of hydrogen-bond acceptors (Lipinski definition) is 0. The zero-order valence-corrected chi connectivity index (χ0v) is 9.85. The van der Waals surface area contributed by atoms with Crippen LogP contribution >= 0.6 is 0 Å². The van der Waals surface area contributed by atoms with Gasteiger partial charge in [-0.3, -0.25) is 0 Å². The van der Waals surface area contributed by atoms with Crippen LogP contribution in [0.3, 0.4) is 0 Å². The Hall–Kier alpha value is -0.520. The first-order valence-electron chi connectivity index (χ1n) is 5.38. The SMILES string of the molecule is CC/C(C)=C(/C)C/C=C\CC(C)C. The lowest BCUT2D eigenvalue weighted by molar-refractivity contribution is 0.662. The van der Waals surface area contributed by atoms with Crippen LogP contribution in [0.1, 0.15) is 53.9 Å². The molecule has 0 aromatic heterocycles. The topological polar surface area (TPSA) is 0 Å². The molecule has 0 bridgehead atoms. The first-order chi connectivity index (χ1) is 6.07. The summed E-state index contributed by atoms with van der Waals surface area (Å²) in [6.07, 6.45) is 8.13. The molecule has 0 atom stereocenters. The Bertz CT molecular complexity index is 182. The highest BCUT2D eigenvalue weighted by Gasteiger charge is 1.92. The fourth-order valence-electron chi connectivity index (χ4n) is 1.10. The van der Waals surface area contributed by atoms with E-state index in [4.69, 9.17) is 0 Å². The molecule has 0 aliphatic rings. The van der Waals surface area contributed by atoms with Gasteiger partial charge in [0.25, 0.3) is 0 Å². The molecular formula is C13H24. The van der Waals surface area contributed by atoms with E-state index in [-0.39, 0.29) is 0 Å². The fourth-order valence-corrected chi connectivity index (χ4v) is 1.10. The van der Waals surface area contributed by atoms with Crippen molar-refractivity contribution in [2.75, 3.05) is 0 Å². The van der Waals surface area contributed by atoms with Crippen LogP contribution in [0.5, 0.6) is 0 Å². The fraction of sp³-hybridized carbons (Fsp3) is 0.692. The first-order valence-corrected chi connectivity index (χ1v) is 5.38. The van der Waals surface area contributed by atoms with Crippen LogP contribution in [0.25, 0.3) is 0 Å². The van der Waals surface area contributed by atoms with Gasteiger partial charge in [0.15, 0.2) is 0 Å². The van der Waals surface area contributed by atoms with Crippen LogP contribution < -0.4 is 0 Å². The Morgan fingerprint density at radius 2 is 1.69 bits per heavy atom. The van der Waals surface area contributed by atoms with Gasteiger partial charge in [0, 0.05) is 0 Å². The molecule has 0 fully saturated rings. The minimum absolute atomic E-state index is 0.785. The molecule has 0 amide bonds. The van der Waals surface area contributed by atoms with Crippen molar-refractivity contribution in [2.45, 2.75) is 53.9 Å². The molecule has 13 heavy (non-hydrogen) atoms. The zero-order chi connectivity index (χ0) is 10.3. The van der Waals surface area contributed by atoms with Gasteiger partial charge in [-0.25, -0.2) is 0 Å². The van der Waals surface area contributed by atoms with Gasteiger partial charge in [-0.15, -0.1) is 0 Å². The van der Waals surface area contributed by atoms with E-state index in [0.717, 1.165) is 12.3 Å². The zero-order valence-electron chi connectivity index (χ0n) is 9.85. The van der Waals surface area contributed by atoms with E-state index in [0.29, 0.717) is 0 Å². The third kappa shape index (κ3) is 6.62. The van der Waals surface area contributed by atoms with Crippen LogP contribution in [-0.4, -0.2) is 0 Å². The molecule has 0 spiro atoms. The van der Waals surface area contributed by atoms with Crippen molar-refractivity contribution < 1.29 is 0 Å². The number of allylic oxidation sites excluding steroid dienone is 4. The highest BCUT2D eigenvalue weighted by molar-refractivity contribution is 5.12. The quantitative estimate of drug-likeness (QED) is 0.537. The summed E-state index contributed by atoms with van der Waals surface area (Å²) in [5, 5.41) is 0. The van der Waals surface area contributed by atoms with Crippen LogP contribution in [-0.2, 0) is 0 Å². The molecule has 0 nitrogen and oxygen atoms in total. The lowest BCUT2D eigenvalue weighted by Crippen LogP contribution is -1.83. The second-order valence-electron chi connectivity index (χ2n) is 4.22. The van der Waals surface area contributed by atoms with Gasteiger partial charge in [-0.2, -0.15) is 0 Å². The Balaban J connectivity index is 3.82. The van der Waals surface area contributed by atoms with E-state index in [2.05, 4.69) is 46.8 Å². The van der Waals surface area contributed by atoms with Crippen molar-refractivity contribution in [3.8, 4) is 0 Å². The van der Waals surface area contributed by atoms with E-state index in [1.807, 2.05) is 0 Å². The van der Waals surface area contributed by atoms with Crippen LogP contribution in [0.4, 0.5) is 0 Å². The molecule has 0 aromatic rings. The van der Waals surface area contributed by atoms with Gasteiger partial charge in [0.2, 0.25) is 0 Å². The van der Waals surface area contributed by atoms with Crippen molar-refractivity contribution in [1.29, 1.82) is 0 Å². The summed E-state index contributed by atoms with van der Waals surface area (Å²) >= 11 is 0. The van der Waals surface area contributed by atoms with Crippen molar-refractivity contribution in [3.05, 3.63) is 23.3 Å². The summed E-state index contributed by atoms with van der Waals surface area (Å²) in [6, 6.07) is 0. The molecule has 0 heterocycles. The normalized spacial score (nSPS) is 14.0. The standard InChI is InChI=1S/C13H24/c1-6-12(4)13(5)10-8-7-9-11(2)3/h7-8,11H,6,9-10H2,1-5H3/b8-7-,13-12-. The Morgan fingerprint density at radius 3 is 2.15 bits per heavy atom. The van der Waals surface area contributed by atoms with Gasteiger partial charge in [0.05, 0.1) is 0 Å². The Kier molecular flexibility index (Phi) is 6.66. The maximum absolute atomic E-state index is 2.30. The first kappa shape index (κ1) is 12.5. The highest BCUT2D eigenvalue weighted by Crippen LogP contribution is 2.12. The summed E-state index contributed by atoms with van der Waals surface area (Å²) in [7, 11) is 0. The average Bonchev–Trinajstić information content (AvgIpc) is 2.10. The highest BCUT2D eigenvalue weighted by atomic mass is 14.0. The summed E-state index contributed by atoms with van der Waals surface area (Å²) < 4.78 is 0. The molecule has 0 unspecified atom stereocenters. The van der Waals surface area contributed by atoms with Crippen LogP contribution in [0.15, 0.2) is 23.3 Å². The van der Waals surface area contributed by atoms with E-state index in [1.54, 1.807) is 0 Å². The molecule has 0 saturated heterocycles. The monoisotopic (exact) mass is 180 g/mol. The van der Waals surface area contributed by atoms with E-state index in [1.165, 1.54) is 24.0 Å². The molecule has 0 aliphatic carbocycles. The third-order valence-electron chi connectivity index (χ3n) is 2.46. The minimum Gasteiger partial charge on any atom is -0.0880 e. The minimum atomic E-state index is 0.785. The van der Waals surface area contributed by atoms with Crippen LogP contribution in [0, 0.1) is 5.92 Å². The van der Waals surface area contributed by atoms with Gasteiger partial charge < -0.3 is 0 Å². The Morgan fingerprint density at radius 1 is 1.08 bits per heavy atom. The molecule has 0 aromatic carbocycles. The predicted octanol–water partition coefficient (Wildman–Crippen LogP) is 4.73. The van der Waals surface area contributed by atoms with Crippen LogP contribution in [0.2, 0.25) is 0 Å². The molecule has 0 radical (unpaired) electrons. The third-order valence-corrected chi connectivity index (χ3v) is 2.46. The summed E-state index contributed by atoms with van der Waals surface area (Å²) in [5.74, 6) is 0.785. The summed E-state index contributed by atoms with van der Waals surface area (Å²) in [4.78, 5) is 0. The lowest BCUT2D eigenvalue weighted by Gasteiger charge is -2.02. The Labute approximate surface area is 83.7 Å². The number of hydrogen-bond donors (Lipinski definition) is 0. The smallest absolute Gasteiger partial charge is 0.0139 e. The predicted molar refractivity (Wildman–Crippen MR) is 61.9 cm³/mol. The van der Waals surface area contributed by atoms with Crippen molar-refractivity contribution in [3.63, 3.8) is 0 Å². The van der Waals surface area contributed by atoms with E-state index in [9.17, 15) is 0 Å². The van der Waals surface area contributed by atoms with Gasteiger partial charge in [0.1, 0.15) is 0 Å². The maximum atomic E-state index is 2.30. The van der Waals surface area contributed by atoms with Crippen molar-refractivity contribution in [2.24, 2.45) is 5.92 Å². The van der Waals surface area contributed by atoms with E-state index < -0.39 is 0 Å². The molecular weight excluding hydrogens is 156 g/mol. The molecule has 76 valence electrons. The molecule has 0 aliphatic heterocycles.